The van der Waals surface area contributed by atoms with Gasteiger partial charge >= 0.3 is 0 Å². The molecule has 6 aromatic rings. The molecule has 0 radical (unpaired) electrons. The van der Waals surface area contributed by atoms with Gasteiger partial charge in [0.2, 0.25) is 0 Å². The molecule has 1 unspecified atom stereocenters. The summed E-state index contributed by atoms with van der Waals surface area (Å²) in [6.45, 7) is 3.78. The minimum absolute atomic E-state index is 0.456. The van der Waals surface area contributed by atoms with E-state index < -0.39 is 5.60 Å². The number of H-pyrrole nitrogens is 1. The molecule has 0 fully saturated rings. The molecule has 2 aromatic carbocycles. The van der Waals surface area contributed by atoms with Gasteiger partial charge in [0.15, 0.2) is 5.60 Å². The Labute approximate surface area is 195 Å². The van der Waals surface area contributed by atoms with E-state index in [0.717, 1.165) is 33.2 Å². The summed E-state index contributed by atoms with van der Waals surface area (Å²) in [6, 6.07) is 21.0. The fraction of sp³-hybridized carbons (Fsp3) is 0.111. The zero-order chi connectivity index (χ0) is 23.3. The van der Waals surface area contributed by atoms with E-state index in [2.05, 4.69) is 20.1 Å². The van der Waals surface area contributed by atoms with Crippen molar-refractivity contribution < 1.29 is 9.63 Å². The minimum atomic E-state index is -1.66. The van der Waals surface area contributed by atoms with Crippen molar-refractivity contribution in [3.05, 3.63) is 108 Å². The van der Waals surface area contributed by atoms with Crippen LogP contribution in [0.1, 0.15) is 28.4 Å². The van der Waals surface area contributed by atoms with Gasteiger partial charge in [0.05, 0.1) is 40.0 Å². The van der Waals surface area contributed by atoms with Crippen LogP contribution in [0.2, 0.25) is 0 Å². The predicted molar refractivity (Wildman–Crippen MR) is 129 cm³/mol. The Morgan fingerprint density at radius 3 is 2.56 bits per heavy atom. The van der Waals surface area contributed by atoms with Gasteiger partial charge in [0, 0.05) is 22.7 Å². The van der Waals surface area contributed by atoms with Crippen LogP contribution >= 0.6 is 0 Å². The molecule has 0 saturated carbocycles. The van der Waals surface area contributed by atoms with E-state index in [9.17, 15) is 5.11 Å². The molecular weight excluding hydrogens is 426 g/mol. The number of fused-ring (bicyclic) bond motifs is 2. The molecule has 0 aliphatic carbocycles. The summed E-state index contributed by atoms with van der Waals surface area (Å²) < 4.78 is 5.42. The van der Waals surface area contributed by atoms with E-state index in [1.807, 2.05) is 74.5 Å². The largest absolute Gasteiger partial charge is 0.373 e. The normalized spacial score (nSPS) is 13.4. The standard InChI is InChI=1S/C27H21N5O2/c1-16-25(17(2)34-32-16)19-13-20(26-22(14-19)29-15-30-26)27(33,23-9-5-6-12-28-23)24-11-10-18-7-3-4-8-21(18)31-24/h3-15,33H,1-2H3,(H,29,30). The molecule has 1 atom stereocenters. The van der Waals surface area contributed by atoms with Crippen molar-refractivity contribution in [2.24, 2.45) is 0 Å². The summed E-state index contributed by atoms with van der Waals surface area (Å²) in [6.07, 6.45) is 3.29. The van der Waals surface area contributed by atoms with Crippen LogP contribution in [0.3, 0.4) is 0 Å². The Kier molecular flexibility index (Phi) is 4.53. The topological polar surface area (TPSA) is 101 Å². The van der Waals surface area contributed by atoms with E-state index in [1.54, 1.807) is 18.6 Å². The third-order valence-electron chi connectivity index (χ3n) is 6.24. The molecule has 0 spiro atoms. The number of rotatable bonds is 4. The molecule has 0 aliphatic heterocycles. The monoisotopic (exact) mass is 447 g/mol. The number of aromatic amines is 1. The highest BCUT2D eigenvalue weighted by Crippen LogP contribution is 2.41. The molecular formula is C27H21N5O2. The van der Waals surface area contributed by atoms with Gasteiger partial charge < -0.3 is 14.6 Å². The van der Waals surface area contributed by atoms with Crippen LogP contribution in [0.25, 0.3) is 33.1 Å². The van der Waals surface area contributed by atoms with Gasteiger partial charge in [-0.05, 0) is 55.8 Å². The Hall–Kier alpha value is -4.36. The number of hydrogen-bond donors (Lipinski definition) is 2. The quantitative estimate of drug-likeness (QED) is 0.392. The van der Waals surface area contributed by atoms with E-state index in [4.69, 9.17) is 9.51 Å². The molecule has 0 saturated heterocycles. The van der Waals surface area contributed by atoms with E-state index in [-0.39, 0.29) is 0 Å². The second-order valence-electron chi connectivity index (χ2n) is 8.34. The highest BCUT2D eigenvalue weighted by atomic mass is 16.5. The smallest absolute Gasteiger partial charge is 0.176 e. The molecule has 0 bridgehead atoms. The minimum Gasteiger partial charge on any atom is -0.373 e. The van der Waals surface area contributed by atoms with Crippen molar-refractivity contribution in [2.45, 2.75) is 19.4 Å². The van der Waals surface area contributed by atoms with Gasteiger partial charge in [-0.1, -0.05) is 35.5 Å². The Balaban J connectivity index is 1.70. The van der Waals surface area contributed by atoms with Gasteiger partial charge in [-0.25, -0.2) is 9.97 Å². The summed E-state index contributed by atoms with van der Waals surface area (Å²) >= 11 is 0. The first kappa shape index (κ1) is 20.3. The zero-order valence-electron chi connectivity index (χ0n) is 18.6. The highest BCUT2D eigenvalue weighted by molar-refractivity contribution is 5.88. The summed E-state index contributed by atoms with van der Waals surface area (Å²) in [5.74, 6) is 0.701. The van der Waals surface area contributed by atoms with Crippen LogP contribution in [0.5, 0.6) is 0 Å². The zero-order valence-corrected chi connectivity index (χ0v) is 18.6. The number of pyridine rings is 2. The number of hydrogen-bond acceptors (Lipinski definition) is 6. The Morgan fingerprint density at radius 2 is 1.76 bits per heavy atom. The number of aryl methyl sites for hydroxylation is 2. The summed E-state index contributed by atoms with van der Waals surface area (Å²) in [5.41, 5.74) is 4.55. The number of nitrogens with zero attached hydrogens (tertiary/aromatic N) is 4. The second kappa shape index (κ2) is 7.60. The van der Waals surface area contributed by atoms with Crippen molar-refractivity contribution in [1.29, 1.82) is 0 Å². The van der Waals surface area contributed by atoms with Gasteiger partial charge in [0.1, 0.15) is 5.76 Å². The van der Waals surface area contributed by atoms with Crippen LogP contribution in [0, 0.1) is 13.8 Å². The molecule has 166 valence electrons. The molecule has 7 nitrogen and oxygen atoms in total. The summed E-state index contributed by atoms with van der Waals surface area (Å²) in [4.78, 5) is 17.2. The van der Waals surface area contributed by atoms with Crippen molar-refractivity contribution >= 4 is 21.9 Å². The van der Waals surface area contributed by atoms with Gasteiger partial charge in [-0.15, -0.1) is 0 Å². The molecule has 7 heteroatoms. The second-order valence-corrected chi connectivity index (χ2v) is 8.34. The van der Waals surface area contributed by atoms with Crippen LogP contribution in [-0.4, -0.2) is 30.2 Å². The fourth-order valence-corrected chi connectivity index (χ4v) is 4.62. The number of para-hydroxylation sites is 1. The fourth-order valence-electron chi connectivity index (χ4n) is 4.62. The molecule has 0 aliphatic rings. The third-order valence-corrected chi connectivity index (χ3v) is 6.24. The highest BCUT2D eigenvalue weighted by Gasteiger charge is 2.39. The summed E-state index contributed by atoms with van der Waals surface area (Å²) in [5, 5.41) is 17.6. The van der Waals surface area contributed by atoms with Crippen LogP contribution < -0.4 is 0 Å². The molecule has 2 N–H and O–H groups in total. The van der Waals surface area contributed by atoms with E-state index in [1.165, 1.54) is 0 Å². The first-order valence-electron chi connectivity index (χ1n) is 11.0. The van der Waals surface area contributed by atoms with Crippen molar-refractivity contribution in [3.8, 4) is 11.1 Å². The van der Waals surface area contributed by atoms with Gasteiger partial charge in [-0.2, -0.15) is 0 Å². The maximum Gasteiger partial charge on any atom is 0.176 e. The average Bonchev–Trinajstić information content (AvgIpc) is 3.48. The lowest BCUT2D eigenvalue weighted by atomic mass is 9.83. The van der Waals surface area contributed by atoms with Gasteiger partial charge in [-0.3, -0.25) is 4.98 Å². The first-order valence-corrected chi connectivity index (χ1v) is 11.0. The number of aliphatic hydroxyl groups is 1. The lowest BCUT2D eigenvalue weighted by Gasteiger charge is -2.29. The Morgan fingerprint density at radius 1 is 0.912 bits per heavy atom. The maximum atomic E-state index is 12.5. The third kappa shape index (κ3) is 3.02. The molecule has 4 heterocycles. The van der Waals surface area contributed by atoms with Crippen LogP contribution in [-0.2, 0) is 5.60 Å². The van der Waals surface area contributed by atoms with Crippen molar-refractivity contribution in [3.63, 3.8) is 0 Å². The first-order chi connectivity index (χ1) is 16.6. The molecule has 4 aromatic heterocycles. The van der Waals surface area contributed by atoms with Crippen molar-refractivity contribution in [2.75, 3.05) is 0 Å². The number of imidazole rings is 1. The lowest BCUT2D eigenvalue weighted by molar-refractivity contribution is 0.118. The molecule has 6 rings (SSSR count). The number of benzene rings is 2. The predicted octanol–water partition coefficient (Wildman–Crippen LogP) is 5.06. The van der Waals surface area contributed by atoms with Crippen LogP contribution in [0.4, 0.5) is 0 Å². The Bertz CT molecular complexity index is 1630. The average molecular weight is 447 g/mol. The van der Waals surface area contributed by atoms with E-state index in [0.29, 0.717) is 28.2 Å². The maximum absolute atomic E-state index is 12.5. The van der Waals surface area contributed by atoms with Crippen LogP contribution in [0.15, 0.2) is 83.8 Å². The number of nitrogens with one attached hydrogen (secondary N) is 1. The van der Waals surface area contributed by atoms with E-state index >= 15 is 0 Å². The number of aromatic nitrogens is 5. The summed E-state index contributed by atoms with van der Waals surface area (Å²) in [7, 11) is 0. The SMILES string of the molecule is Cc1noc(C)c1-c1cc(C(O)(c2ccccn2)c2ccc3ccccc3n2)c2nc[nH]c2c1. The lowest BCUT2D eigenvalue weighted by Crippen LogP contribution is -2.31. The molecule has 0 amide bonds. The van der Waals surface area contributed by atoms with Crippen molar-refractivity contribution in [1.82, 2.24) is 25.1 Å². The molecule has 34 heavy (non-hydrogen) atoms. The van der Waals surface area contributed by atoms with Gasteiger partial charge in [0.25, 0.3) is 0 Å².